The van der Waals surface area contributed by atoms with Gasteiger partial charge in [-0.05, 0) is 72.6 Å². The smallest absolute Gasteiger partial charge is 0.345 e. The first-order chi connectivity index (χ1) is 14.9. The lowest BCUT2D eigenvalue weighted by Crippen LogP contribution is -2.40. The van der Waals surface area contributed by atoms with Crippen molar-refractivity contribution in [1.82, 2.24) is 0 Å². The number of imide groups is 1. The van der Waals surface area contributed by atoms with Crippen LogP contribution in [0.1, 0.15) is 16.8 Å². The molecule has 0 unspecified atom stereocenters. The number of rotatable bonds is 3. The van der Waals surface area contributed by atoms with Crippen LogP contribution in [0.15, 0.2) is 54.6 Å². The van der Waals surface area contributed by atoms with Gasteiger partial charge in [0.2, 0.25) is 11.8 Å². The summed E-state index contributed by atoms with van der Waals surface area (Å²) in [6.07, 6.45) is 5.44. The summed E-state index contributed by atoms with van der Waals surface area (Å²) >= 11 is 11.9. The average molecular weight is 454 g/mol. The maximum atomic E-state index is 13.2. The fraction of sp³-hybridized carbons (Fsp3) is 0.292. The number of esters is 1. The quantitative estimate of drug-likeness (QED) is 0.290. The fourth-order valence-electron chi connectivity index (χ4n) is 5.69. The minimum Gasteiger partial charge on any atom is -0.423 e. The van der Waals surface area contributed by atoms with Crippen molar-refractivity contribution in [2.24, 2.45) is 35.5 Å². The Bertz CT molecular complexity index is 1140. The molecule has 5 nitrogen and oxygen atoms in total. The molecule has 2 aromatic rings. The zero-order valence-electron chi connectivity index (χ0n) is 16.2. The van der Waals surface area contributed by atoms with Crippen molar-refractivity contribution < 1.29 is 19.1 Å². The van der Waals surface area contributed by atoms with Gasteiger partial charge in [0.15, 0.2) is 0 Å². The lowest BCUT2D eigenvalue weighted by Gasteiger charge is -2.37. The van der Waals surface area contributed by atoms with E-state index in [0.717, 1.165) is 6.42 Å². The lowest BCUT2D eigenvalue weighted by atomic mass is 9.63. The van der Waals surface area contributed by atoms with Crippen molar-refractivity contribution in [1.29, 1.82) is 0 Å². The number of nitrogens with zero attached hydrogens (tertiary/aromatic N) is 1. The molecule has 4 aliphatic carbocycles. The fourth-order valence-corrected chi connectivity index (χ4v) is 6.18. The number of hydrogen-bond acceptors (Lipinski definition) is 4. The van der Waals surface area contributed by atoms with Crippen LogP contribution in [0, 0.1) is 35.5 Å². The Balaban J connectivity index is 1.22. The predicted molar refractivity (Wildman–Crippen MR) is 115 cm³/mol. The molecule has 7 rings (SSSR count). The van der Waals surface area contributed by atoms with E-state index in [9.17, 15) is 14.4 Å². The molecule has 7 heteroatoms. The van der Waals surface area contributed by atoms with Crippen LogP contribution in [-0.4, -0.2) is 17.8 Å². The number of anilines is 1. The number of halogens is 2. The molecular formula is C24H17Cl2NO4. The minimum atomic E-state index is -0.615. The molecule has 0 radical (unpaired) electrons. The first-order valence-electron chi connectivity index (χ1n) is 10.3. The predicted octanol–water partition coefficient (Wildman–Crippen LogP) is 4.77. The minimum absolute atomic E-state index is 0.114. The summed E-state index contributed by atoms with van der Waals surface area (Å²) in [7, 11) is 0. The Kier molecular flexibility index (Phi) is 4.11. The van der Waals surface area contributed by atoms with Gasteiger partial charge in [-0.15, -0.1) is 0 Å². The lowest BCUT2D eigenvalue weighted by molar-refractivity contribution is -0.124. The SMILES string of the molecule is O=C(Oc1ccc(N2C(=O)[C@@H]3[C@H]4C=C[C@H]([C@H]5C[C@H]45)[C@@H]3C2=O)cc1)c1ccc(Cl)cc1Cl. The van der Waals surface area contributed by atoms with Crippen LogP contribution >= 0.6 is 23.2 Å². The van der Waals surface area contributed by atoms with Crippen LogP contribution in [0.25, 0.3) is 0 Å². The molecule has 0 aromatic heterocycles. The summed E-state index contributed by atoms with van der Waals surface area (Å²) in [4.78, 5) is 40.1. The Morgan fingerprint density at radius 1 is 0.903 bits per heavy atom. The molecule has 156 valence electrons. The molecule has 5 aliphatic rings. The summed E-state index contributed by atoms with van der Waals surface area (Å²) < 4.78 is 5.39. The summed E-state index contributed by atoms with van der Waals surface area (Å²) in [5.41, 5.74) is 0.701. The van der Waals surface area contributed by atoms with E-state index in [0.29, 0.717) is 28.3 Å². The van der Waals surface area contributed by atoms with E-state index in [1.165, 1.54) is 17.0 Å². The third-order valence-corrected chi connectivity index (χ3v) is 7.67. The van der Waals surface area contributed by atoms with Crippen molar-refractivity contribution in [3.05, 3.63) is 70.2 Å². The molecule has 6 atom stereocenters. The van der Waals surface area contributed by atoms with Crippen molar-refractivity contribution >= 4 is 46.7 Å². The summed E-state index contributed by atoms with van der Waals surface area (Å²) in [5, 5.41) is 0.624. The summed E-state index contributed by atoms with van der Waals surface area (Å²) in [6, 6.07) is 10.9. The van der Waals surface area contributed by atoms with Crippen molar-refractivity contribution in [2.75, 3.05) is 4.90 Å². The summed E-state index contributed by atoms with van der Waals surface area (Å²) in [6.45, 7) is 0. The van der Waals surface area contributed by atoms with Crippen LogP contribution in [-0.2, 0) is 9.59 Å². The van der Waals surface area contributed by atoms with Gasteiger partial charge in [0, 0.05) is 5.02 Å². The van der Waals surface area contributed by atoms with E-state index in [1.54, 1.807) is 30.3 Å². The topological polar surface area (TPSA) is 63.7 Å². The monoisotopic (exact) mass is 453 g/mol. The number of hydrogen-bond donors (Lipinski definition) is 0. The summed E-state index contributed by atoms with van der Waals surface area (Å²) in [5.74, 6) is 0.469. The first-order valence-corrected chi connectivity index (χ1v) is 11.0. The third kappa shape index (κ3) is 2.80. The van der Waals surface area contributed by atoms with Crippen LogP contribution < -0.4 is 9.64 Å². The highest BCUT2D eigenvalue weighted by Gasteiger charge is 2.67. The number of carbonyl (C=O) groups is 3. The number of amides is 2. The molecule has 3 fully saturated rings. The molecule has 2 amide bonds. The van der Waals surface area contributed by atoms with Gasteiger partial charge in [0.05, 0.1) is 28.1 Å². The van der Waals surface area contributed by atoms with Gasteiger partial charge in [0.1, 0.15) is 5.75 Å². The highest BCUT2D eigenvalue weighted by atomic mass is 35.5. The van der Waals surface area contributed by atoms with Crippen LogP contribution in [0.2, 0.25) is 10.0 Å². The number of ether oxygens (including phenoxy) is 1. The molecule has 1 heterocycles. The third-order valence-electron chi connectivity index (χ3n) is 7.12. The van der Waals surface area contributed by atoms with Crippen molar-refractivity contribution in [3.8, 4) is 5.75 Å². The van der Waals surface area contributed by atoms with Crippen LogP contribution in [0.4, 0.5) is 5.69 Å². The van der Waals surface area contributed by atoms with Gasteiger partial charge < -0.3 is 4.74 Å². The number of allylic oxidation sites excluding steroid dienone is 2. The standard InChI is InChI=1S/C24H17Cl2NO4/c25-11-1-6-16(19(26)9-11)24(30)31-13-4-2-12(3-5-13)27-22(28)20-14-7-8-15(18-10-17(14)18)21(20)23(27)29/h1-9,14-15,17-18,20-21H,10H2/t14-,15+,17-,18-,20+,21-/m1/s1. The van der Waals surface area contributed by atoms with E-state index in [4.69, 9.17) is 27.9 Å². The molecule has 0 spiro atoms. The van der Waals surface area contributed by atoms with Gasteiger partial charge in [-0.1, -0.05) is 35.4 Å². The van der Waals surface area contributed by atoms with Crippen LogP contribution in [0.5, 0.6) is 5.75 Å². The normalized spacial score (nSPS) is 32.1. The molecular weight excluding hydrogens is 437 g/mol. The van der Waals surface area contributed by atoms with Crippen LogP contribution in [0.3, 0.4) is 0 Å². The number of benzene rings is 2. The Hall–Kier alpha value is -2.63. The van der Waals surface area contributed by atoms with E-state index < -0.39 is 5.97 Å². The van der Waals surface area contributed by atoms with Gasteiger partial charge in [-0.3, -0.25) is 14.5 Å². The molecule has 2 aromatic carbocycles. The van der Waals surface area contributed by atoms with Crippen molar-refractivity contribution in [3.63, 3.8) is 0 Å². The Morgan fingerprint density at radius 2 is 1.52 bits per heavy atom. The number of carbonyl (C=O) groups excluding carboxylic acids is 3. The molecule has 2 saturated carbocycles. The second kappa shape index (κ2) is 6.68. The zero-order chi connectivity index (χ0) is 21.4. The maximum absolute atomic E-state index is 13.2. The Labute approximate surface area is 188 Å². The van der Waals surface area contributed by atoms with Crippen molar-refractivity contribution in [2.45, 2.75) is 6.42 Å². The molecule has 31 heavy (non-hydrogen) atoms. The van der Waals surface area contributed by atoms with Gasteiger partial charge in [0.25, 0.3) is 0 Å². The van der Waals surface area contributed by atoms with Gasteiger partial charge in [-0.25, -0.2) is 4.79 Å². The second-order valence-corrected chi connectivity index (χ2v) is 9.52. The molecule has 1 aliphatic heterocycles. The second-order valence-electron chi connectivity index (χ2n) is 8.67. The highest BCUT2D eigenvalue weighted by molar-refractivity contribution is 6.36. The van der Waals surface area contributed by atoms with Gasteiger partial charge in [-0.2, -0.15) is 0 Å². The average Bonchev–Trinajstić information content (AvgIpc) is 3.52. The largest absolute Gasteiger partial charge is 0.423 e. The van der Waals surface area contributed by atoms with E-state index in [-0.39, 0.29) is 46.1 Å². The molecule has 1 saturated heterocycles. The Morgan fingerprint density at radius 3 is 2.10 bits per heavy atom. The van der Waals surface area contributed by atoms with E-state index in [2.05, 4.69) is 12.2 Å². The molecule has 2 bridgehead atoms. The zero-order valence-corrected chi connectivity index (χ0v) is 17.7. The molecule has 0 N–H and O–H groups in total. The maximum Gasteiger partial charge on any atom is 0.345 e. The van der Waals surface area contributed by atoms with Gasteiger partial charge >= 0.3 is 5.97 Å². The first kappa shape index (κ1) is 19.1. The highest BCUT2D eigenvalue weighted by Crippen LogP contribution is 2.65. The van der Waals surface area contributed by atoms with E-state index in [1.807, 2.05) is 0 Å². The van der Waals surface area contributed by atoms with E-state index >= 15 is 0 Å².